The molecular weight excluding hydrogens is 228 g/mol. The van der Waals surface area contributed by atoms with Crippen LogP contribution in [0, 0.1) is 0 Å². The number of ether oxygens (including phenoxy) is 1. The van der Waals surface area contributed by atoms with E-state index < -0.39 is 5.54 Å². The molecule has 0 spiro atoms. The molecule has 18 heavy (non-hydrogen) atoms. The number of methoxy groups -OCH3 is 1. The summed E-state index contributed by atoms with van der Waals surface area (Å²) in [5.41, 5.74) is 6.02. The average molecular weight is 250 g/mol. The first kappa shape index (κ1) is 14.5. The first-order valence-corrected chi connectivity index (χ1v) is 6.15. The molecule has 4 nitrogen and oxygen atoms in total. The Balaban J connectivity index is 2.83. The van der Waals surface area contributed by atoms with Crippen molar-refractivity contribution in [1.29, 1.82) is 0 Å². The van der Waals surface area contributed by atoms with Gasteiger partial charge in [-0.05, 0) is 26.3 Å². The highest BCUT2D eigenvalue weighted by Crippen LogP contribution is 2.24. The van der Waals surface area contributed by atoms with Gasteiger partial charge in [0.05, 0.1) is 18.7 Å². The second-order valence-corrected chi connectivity index (χ2v) is 4.71. The summed E-state index contributed by atoms with van der Waals surface area (Å²) in [5, 5.41) is 2.92. The summed E-state index contributed by atoms with van der Waals surface area (Å²) in [6.45, 7) is 5.55. The Morgan fingerprint density at radius 2 is 2.11 bits per heavy atom. The third-order valence-corrected chi connectivity index (χ3v) is 3.21. The second kappa shape index (κ2) is 5.87. The number of amides is 1. The largest absolute Gasteiger partial charge is 0.496 e. The van der Waals surface area contributed by atoms with Crippen LogP contribution in [0.2, 0.25) is 0 Å². The molecule has 1 aromatic rings. The van der Waals surface area contributed by atoms with Gasteiger partial charge in [-0.15, -0.1) is 0 Å². The SMILES string of the molecule is CCC(C)(N)C(=O)NC(C)c1ccccc1OC. The summed E-state index contributed by atoms with van der Waals surface area (Å²) in [6, 6.07) is 7.49. The number of carbonyl (C=O) groups is 1. The molecule has 2 unspecified atom stereocenters. The number of para-hydroxylation sites is 1. The van der Waals surface area contributed by atoms with Gasteiger partial charge in [0.15, 0.2) is 0 Å². The molecule has 2 atom stereocenters. The van der Waals surface area contributed by atoms with Gasteiger partial charge in [-0.2, -0.15) is 0 Å². The normalized spacial score (nSPS) is 15.6. The summed E-state index contributed by atoms with van der Waals surface area (Å²) in [4.78, 5) is 12.0. The maximum absolute atomic E-state index is 12.0. The predicted molar refractivity (Wildman–Crippen MR) is 72.4 cm³/mol. The lowest BCUT2D eigenvalue weighted by molar-refractivity contribution is -0.126. The van der Waals surface area contributed by atoms with Crippen molar-refractivity contribution in [2.45, 2.75) is 38.8 Å². The molecule has 1 amide bonds. The number of benzene rings is 1. The van der Waals surface area contributed by atoms with Crippen LogP contribution in [0.15, 0.2) is 24.3 Å². The maximum atomic E-state index is 12.0. The number of nitrogens with two attached hydrogens (primary N) is 1. The zero-order valence-corrected chi connectivity index (χ0v) is 11.5. The molecule has 0 aromatic heterocycles. The van der Waals surface area contributed by atoms with Gasteiger partial charge >= 0.3 is 0 Å². The summed E-state index contributed by atoms with van der Waals surface area (Å²) in [7, 11) is 1.62. The van der Waals surface area contributed by atoms with Crippen LogP contribution < -0.4 is 15.8 Å². The molecule has 4 heteroatoms. The Morgan fingerprint density at radius 3 is 2.67 bits per heavy atom. The van der Waals surface area contributed by atoms with Crippen LogP contribution in [-0.2, 0) is 4.79 Å². The zero-order valence-electron chi connectivity index (χ0n) is 11.5. The van der Waals surface area contributed by atoms with Crippen LogP contribution in [0.4, 0.5) is 0 Å². The van der Waals surface area contributed by atoms with Crippen LogP contribution in [0.1, 0.15) is 38.8 Å². The van der Waals surface area contributed by atoms with Gasteiger partial charge in [0, 0.05) is 5.56 Å². The molecule has 1 rings (SSSR count). The van der Waals surface area contributed by atoms with Gasteiger partial charge in [0.1, 0.15) is 5.75 Å². The summed E-state index contributed by atoms with van der Waals surface area (Å²) < 4.78 is 5.28. The highest BCUT2D eigenvalue weighted by atomic mass is 16.5. The Hall–Kier alpha value is -1.55. The van der Waals surface area contributed by atoms with Gasteiger partial charge in [-0.1, -0.05) is 25.1 Å². The lowest BCUT2D eigenvalue weighted by Gasteiger charge is -2.25. The van der Waals surface area contributed by atoms with Gasteiger partial charge in [-0.3, -0.25) is 4.79 Å². The molecule has 100 valence electrons. The van der Waals surface area contributed by atoms with E-state index in [0.717, 1.165) is 11.3 Å². The van der Waals surface area contributed by atoms with E-state index in [1.807, 2.05) is 38.1 Å². The molecule has 0 bridgehead atoms. The molecule has 1 aromatic carbocycles. The highest BCUT2D eigenvalue weighted by Gasteiger charge is 2.27. The van der Waals surface area contributed by atoms with Crippen LogP contribution in [0.25, 0.3) is 0 Å². The van der Waals surface area contributed by atoms with Crippen LogP contribution in [-0.4, -0.2) is 18.6 Å². The number of carbonyl (C=O) groups excluding carboxylic acids is 1. The van der Waals surface area contributed by atoms with E-state index >= 15 is 0 Å². The van der Waals surface area contributed by atoms with E-state index in [1.54, 1.807) is 14.0 Å². The Bertz CT molecular complexity index is 416. The molecule has 3 N–H and O–H groups in total. The molecule has 0 fully saturated rings. The maximum Gasteiger partial charge on any atom is 0.240 e. The fourth-order valence-electron chi connectivity index (χ4n) is 1.62. The van der Waals surface area contributed by atoms with Crippen LogP contribution >= 0.6 is 0 Å². The smallest absolute Gasteiger partial charge is 0.240 e. The third kappa shape index (κ3) is 3.23. The number of rotatable bonds is 5. The van der Waals surface area contributed by atoms with Crippen molar-refractivity contribution >= 4 is 5.91 Å². The third-order valence-electron chi connectivity index (χ3n) is 3.21. The predicted octanol–water partition coefficient (Wildman–Crippen LogP) is 2.00. The van der Waals surface area contributed by atoms with Crippen LogP contribution in [0.3, 0.4) is 0 Å². The first-order valence-electron chi connectivity index (χ1n) is 6.15. The van der Waals surface area contributed by atoms with Crippen molar-refractivity contribution in [2.24, 2.45) is 5.73 Å². The van der Waals surface area contributed by atoms with Gasteiger partial charge in [0.25, 0.3) is 0 Å². The first-order chi connectivity index (χ1) is 8.42. The standard InChI is InChI=1S/C14H22N2O2/c1-5-14(3,15)13(17)16-10(2)11-8-6-7-9-12(11)18-4/h6-10H,5,15H2,1-4H3,(H,16,17). The fourth-order valence-corrected chi connectivity index (χ4v) is 1.62. The highest BCUT2D eigenvalue weighted by molar-refractivity contribution is 5.85. The van der Waals surface area contributed by atoms with E-state index in [0.29, 0.717) is 6.42 Å². The van der Waals surface area contributed by atoms with E-state index in [2.05, 4.69) is 5.32 Å². The van der Waals surface area contributed by atoms with Gasteiger partial charge in [0.2, 0.25) is 5.91 Å². The Morgan fingerprint density at radius 1 is 1.50 bits per heavy atom. The molecule has 0 aliphatic carbocycles. The van der Waals surface area contributed by atoms with Crippen molar-refractivity contribution in [2.75, 3.05) is 7.11 Å². The number of hydrogen-bond donors (Lipinski definition) is 2. The van der Waals surface area contributed by atoms with E-state index in [-0.39, 0.29) is 11.9 Å². The quantitative estimate of drug-likeness (QED) is 0.840. The van der Waals surface area contributed by atoms with E-state index in [9.17, 15) is 4.79 Å². The van der Waals surface area contributed by atoms with Gasteiger partial charge < -0.3 is 15.8 Å². The van der Waals surface area contributed by atoms with E-state index in [1.165, 1.54) is 0 Å². The van der Waals surface area contributed by atoms with Crippen molar-refractivity contribution in [3.8, 4) is 5.75 Å². The van der Waals surface area contributed by atoms with Crippen molar-refractivity contribution in [1.82, 2.24) is 5.32 Å². The average Bonchev–Trinajstić information content (AvgIpc) is 2.38. The fraction of sp³-hybridized carbons (Fsp3) is 0.500. The summed E-state index contributed by atoms with van der Waals surface area (Å²) in [5.74, 6) is 0.615. The van der Waals surface area contributed by atoms with Crippen molar-refractivity contribution in [3.63, 3.8) is 0 Å². The number of nitrogens with one attached hydrogen (secondary N) is 1. The van der Waals surface area contributed by atoms with E-state index in [4.69, 9.17) is 10.5 Å². The summed E-state index contributed by atoms with van der Waals surface area (Å²) in [6.07, 6.45) is 0.595. The molecule has 0 saturated carbocycles. The molecule has 0 saturated heterocycles. The molecular formula is C14H22N2O2. The topological polar surface area (TPSA) is 64.4 Å². The summed E-state index contributed by atoms with van der Waals surface area (Å²) >= 11 is 0. The monoisotopic (exact) mass is 250 g/mol. The minimum atomic E-state index is -0.837. The molecule has 0 aliphatic rings. The number of hydrogen-bond acceptors (Lipinski definition) is 3. The minimum Gasteiger partial charge on any atom is -0.496 e. The van der Waals surface area contributed by atoms with Gasteiger partial charge in [-0.25, -0.2) is 0 Å². The molecule has 0 radical (unpaired) electrons. The molecule has 0 heterocycles. The lowest BCUT2D eigenvalue weighted by Crippen LogP contribution is -2.51. The lowest BCUT2D eigenvalue weighted by atomic mass is 9.98. The van der Waals surface area contributed by atoms with Crippen LogP contribution in [0.5, 0.6) is 5.75 Å². The Labute approximate surface area is 109 Å². The van der Waals surface area contributed by atoms with Crippen molar-refractivity contribution < 1.29 is 9.53 Å². The molecule has 0 aliphatic heterocycles. The zero-order chi connectivity index (χ0) is 13.8. The second-order valence-electron chi connectivity index (χ2n) is 4.71. The Kier molecular flexibility index (Phi) is 4.73. The van der Waals surface area contributed by atoms with Crippen molar-refractivity contribution in [3.05, 3.63) is 29.8 Å². The minimum absolute atomic E-state index is 0.136.